The van der Waals surface area contributed by atoms with Gasteiger partial charge in [0, 0.05) is 6.20 Å². The minimum atomic E-state index is -0.455. The van der Waals surface area contributed by atoms with Gasteiger partial charge in [-0.3, -0.25) is 9.59 Å². The van der Waals surface area contributed by atoms with Gasteiger partial charge >= 0.3 is 0 Å². The summed E-state index contributed by atoms with van der Waals surface area (Å²) in [5.74, 6) is 0.609. The molecular weight excluding hydrogens is 268 g/mol. The van der Waals surface area contributed by atoms with Crippen molar-refractivity contribution in [1.29, 1.82) is 0 Å². The SMILES string of the molecule is CCC1C(=O)NC(C(C)C)C(=O)N1Cc1ccnc(C)n1. The molecule has 114 valence electrons. The number of aromatic nitrogens is 2. The summed E-state index contributed by atoms with van der Waals surface area (Å²) in [4.78, 5) is 34.9. The van der Waals surface area contributed by atoms with Crippen molar-refractivity contribution in [3.8, 4) is 0 Å². The van der Waals surface area contributed by atoms with Crippen molar-refractivity contribution in [2.24, 2.45) is 5.92 Å². The zero-order valence-electron chi connectivity index (χ0n) is 13.0. The van der Waals surface area contributed by atoms with E-state index in [1.165, 1.54) is 0 Å². The Labute approximate surface area is 125 Å². The Bertz CT molecular complexity index is 544. The van der Waals surface area contributed by atoms with E-state index in [2.05, 4.69) is 15.3 Å². The molecular formula is C15H22N4O2. The average Bonchev–Trinajstić information content (AvgIpc) is 2.42. The molecule has 0 aliphatic carbocycles. The third-order valence-corrected chi connectivity index (χ3v) is 3.75. The Kier molecular flexibility index (Phi) is 4.55. The van der Waals surface area contributed by atoms with Crippen LogP contribution in [0.15, 0.2) is 12.3 Å². The summed E-state index contributed by atoms with van der Waals surface area (Å²) in [6, 6.07) is 0.898. The monoisotopic (exact) mass is 290 g/mol. The Hall–Kier alpha value is -1.98. The molecule has 0 aromatic carbocycles. The lowest BCUT2D eigenvalue weighted by atomic mass is 9.97. The first-order chi connectivity index (χ1) is 9.93. The molecule has 6 heteroatoms. The highest BCUT2D eigenvalue weighted by Crippen LogP contribution is 2.19. The minimum Gasteiger partial charge on any atom is -0.342 e. The predicted octanol–water partition coefficient (Wildman–Crippen LogP) is 1.05. The van der Waals surface area contributed by atoms with Crippen LogP contribution in [0.25, 0.3) is 0 Å². The van der Waals surface area contributed by atoms with Crippen molar-refractivity contribution < 1.29 is 9.59 Å². The number of amides is 2. The van der Waals surface area contributed by atoms with Crippen LogP contribution in [0.1, 0.15) is 38.7 Å². The second-order valence-electron chi connectivity index (χ2n) is 5.72. The highest BCUT2D eigenvalue weighted by atomic mass is 16.2. The number of rotatable bonds is 4. The topological polar surface area (TPSA) is 75.2 Å². The summed E-state index contributed by atoms with van der Waals surface area (Å²) in [6.07, 6.45) is 2.26. The fraction of sp³-hybridized carbons (Fsp3) is 0.600. The Morgan fingerprint density at radius 1 is 1.38 bits per heavy atom. The quantitative estimate of drug-likeness (QED) is 0.899. The van der Waals surface area contributed by atoms with Gasteiger partial charge in [0.15, 0.2) is 0 Å². The molecule has 2 unspecified atom stereocenters. The van der Waals surface area contributed by atoms with Crippen LogP contribution >= 0.6 is 0 Å². The van der Waals surface area contributed by atoms with Gasteiger partial charge in [-0.15, -0.1) is 0 Å². The van der Waals surface area contributed by atoms with E-state index in [1.807, 2.05) is 27.7 Å². The zero-order chi connectivity index (χ0) is 15.6. The molecule has 1 aromatic heterocycles. The van der Waals surface area contributed by atoms with Gasteiger partial charge in [-0.2, -0.15) is 0 Å². The first-order valence-corrected chi connectivity index (χ1v) is 7.33. The zero-order valence-corrected chi connectivity index (χ0v) is 13.0. The fourth-order valence-corrected chi connectivity index (χ4v) is 2.60. The maximum atomic E-state index is 12.6. The maximum Gasteiger partial charge on any atom is 0.246 e. The van der Waals surface area contributed by atoms with E-state index in [1.54, 1.807) is 17.2 Å². The molecule has 2 atom stereocenters. The summed E-state index contributed by atoms with van der Waals surface area (Å²) < 4.78 is 0. The highest BCUT2D eigenvalue weighted by molar-refractivity contribution is 5.97. The largest absolute Gasteiger partial charge is 0.342 e. The lowest BCUT2D eigenvalue weighted by molar-refractivity contribution is -0.151. The number of hydrogen-bond acceptors (Lipinski definition) is 4. The first kappa shape index (κ1) is 15.4. The molecule has 2 rings (SSSR count). The Balaban J connectivity index is 2.27. The standard InChI is InChI=1S/C15H22N4O2/c1-5-12-14(20)18-13(9(2)3)15(21)19(12)8-11-6-7-16-10(4)17-11/h6-7,9,12-13H,5,8H2,1-4H3,(H,18,20). The van der Waals surface area contributed by atoms with Gasteiger partial charge in [0.05, 0.1) is 12.2 Å². The van der Waals surface area contributed by atoms with Gasteiger partial charge in [-0.05, 0) is 25.3 Å². The number of hydrogen-bond donors (Lipinski definition) is 1. The second-order valence-corrected chi connectivity index (χ2v) is 5.72. The molecule has 1 fully saturated rings. The van der Waals surface area contributed by atoms with Gasteiger partial charge < -0.3 is 10.2 Å². The number of carbonyl (C=O) groups is 2. The van der Waals surface area contributed by atoms with Crippen LogP contribution in [0.4, 0.5) is 0 Å². The fourth-order valence-electron chi connectivity index (χ4n) is 2.60. The molecule has 6 nitrogen and oxygen atoms in total. The molecule has 0 radical (unpaired) electrons. The predicted molar refractivity (Wildman–Crippen MR) is 78.2 cm³/mol. The van der Waals surface area contributed by atoms with Gasteiger partial charge in [0.2, 0.25) is 11.8 Å². The van der Waals surface area contributed by atoms with E-state index in [0.29, 0.717) is 18.8 Å². The van der Waals surface area contributed by atoms with E-state index in [9.17, 15) is 9.59 Å². The number of aryl methyl sites for hydroxylation is 1. The van der Waals surface area contributed by atoms with Crippen LogP contribution in [0, 0.1) is 12.8 Å². The number of nitrogens with zero attached hydrogens (tertiary/aromatic N) is 3. The third-order valence-electron chi connectivity index (χ3n) is 3.75. The van der Waals surface area contributed by atoms with Crippen molar-refractivity contribution in [2.75, 3.05) is 0 Å². The summed E-state index contributed by atoms with van der Waals surface area (Å²) >= 11 is 0. The van der Waals surface area contributed by atoms with Crippen molar-refractivity contribution in [3.05, 3.63) is 23.8 Å². The molecule has 2 heterocycles. The Morgan fingerprint density at radius 2 is 2.10 bits per heavy atom. The lowest BCUT2D eigenvalue weighted by Crippen LogP contribution is -2.64. The first-order valence-electron chi connectivity index (χ1n) is 7.33. The van der Waals surface area contributed by atoms with Gasteiger partial charge in [0.25, 0.3) is 0 Å². The summed E-state index contributed by atoms with van der Waals surface area (Å²) in [5, 5.41) is 2.83. The molecule has 1 N–H and O–H groups in total. The van der Waals surface area contributed by atoms with Crippen LogP contribution in [0.3, 0.4) is 0 Å². The van der Waals surface area contributed by atoms with Gasteiger partial charge in [-0.25, -0.2) is 9.97 Å². The lowest BCUT2D eigenvalue weighted by Gasteiger charge is -2.39. The van der Waals surface area contributed by atoms with Crippen molar-refractivity contribution in [1.82, 2.24) is 20.2 Å². The summed E-state index contributed by atoms with van der Waals surface area (Å²) in [7, 11) is 0. The van der Waals surface area contributed by atoms with Crippen molar-refractivity contribution >= 4 is 11.8 Å². The highest BCUT2D eigenvalue weighted by Gasteiger charge is 2.40. The average molecular weight is 290 g/mol. The van der Waals surface area contributed by atoms with E-state index in [-0.39, 0.29) is 17.7 Å². The molecule has 1 aliphatic rings. The molecule has 21 heavy (non-hydrogen) atoms. The van der Waals surface area contributed by atoms with Crippen LogP contribution < -0.4 is 5.32 Å². The summed E-state index contributed by atoms with van der Waals surface area (Å²) in [5.41, 5.74) is 0.756. The van der Waals surface area contributed by atoms with Crippen molar-refractivity contribution in [2.45, 2.75) is 52.7 Å². The molecule has 0 saturated carbocycles. The molecule has 1 aromatic rings. The van der Waals surface area contributed by atoms with E-state index in [4.69, 9.17) is 0 Å². The third kappa shape index (κ3) is 3.20. The maximum absolute atomic E-state index is 12.6. The molecule has 2 amide bonds. The van der Waals surface area contributed by atoms with Gasteiger partial charge in [-0.1, -0.05) is 20.8 Å². The molecule has 1 saturated heterocycles. The van der Waals surface area contributed by atoms with Crippen LogP contribution in [-0.4, -0.2) is 38.8 Å². The number of piperazine rings is 1. The smallest absolute Gasteiger partial charge is 0.246 e. The van der Waals surface area contributed by atoms with E-state index < -0.39 is 12.1 Å². The Morgan fingerprint density at radius 3 is 2.67 bits per heavy atom. The normalized spacial score (nSPS) is 22.6. The van der Waals surface area contributed by atoms with Crippen LogP contribution in [-0.2, 0) is 16.1 Å². The number of carbonyl (C=O) groups excluding carboxylic acids is 2. The van der Waals surface area contributed by atoms with Crippen molar-refractivity contribution in [3.63, 3.8) is 0 Å². The minimum absolute atomic E-state index is 0.0345. The van der Waals surface area contributed by atoms with Crippen LogP contribution in [0.5, 0.6) is 0 Å². The number of nitrogens with one attached hydrogen (secondary N) is 1. The van der Waals surface area contributed by atoms with Gasteiger partial charge in [0.1, 0.15) is 17.9 Å². The summed E-state index contributed by atoms with van der Waals surface area (Å²) in [6.45, 7) is 7.93. The van der Waals surface area contributed by atoms with E-state index >= 15 is 0 Å². The van der Waals surface area contributed by atoms with Crippen LogP contribution in [0.2, 0.25) is 0 Å². The van der Waals surface area contributed by atoms with E-state index in [0.717, 1.165) is 5.69 Å². The molecule has 1 aliphatic heterocycles. The molecule has 0 spiro atoms. The second kappa shape index (κ2) is 6.20. The molecule has 0 bridgehead atoms.